The number of carbonyl (C=O) groups excluding carboxylic acids is 1. The quantitative estimate of drug-likeness (QED) is 0.887. The van der Waals surface area contributed by atoms with E-state index in [2.05, 4.69) is 6.07 Å². The summed E-state index contributed by atoms with van der Waals surface area (Å²) in [6.07, 6.45) is 3.70. The Morgan fingerprint density at radius 3 is 2.32 bits per heavy atom. The number of benzene rings is 2. The molecule has 0 bridgehead atoms. The molecule has 2 aromatic rings. The fraction of sp³-hybridized carbons (Fsp3) is 0.235. The van der Waals surface area contributed by atoms with E-state index in [9.17, 15) is 4.79 Å². The predicted octanol–water partition coefficient (Wildman–Crippen LogP) is 3.72. The Bertz CT molecular complexity index is 600. The van der Waals surface area contributed by atoms with Gasteiger partial charge in [-0.05, 0) is 41.5 Å². The molecule has 2 heteroatoms. The van der Waals surface area contributed by atoms with Crippen molar-refractivity contribution in [1.29, 1.82) is 0 Å². The van der Waals surface area contributed by atoms with Crippen molar-refractivity contribution in [2.45, 2.75) is 25.2 Å². The summed E-state index contributed by atoms with van der Waals surface area (Å²) in [5.41, 5.74) is 9.56. The highest BCUT2D eigenvalue weighted by molar-refractivity contribution is 6.00. The normalized spacial score (nSPS) is 14.9. The lowest BCUT2D eigenvalue weighted by molar-refractivity contribution is 0.100. The van der Waals surface area contributed by atoms with Crippen molar-refractivity contribution >= 4 is 5.91 Å². The Kier molecular flexibility index (Phi) is 3.08. The molecule has 2 N–H and O–H groups in total. The van der Waals surface area contributed by atoms with E-state index >= 15 is 0 Å². The zero-order valence-electron chi connectivity index (χ0n) is 10.8. The second-order valence-electron chi connectivity index (χ2n) is 5.13. The van der Waals surface area contributed by atoms with Crippen LogP contribution in [-0.4, -0.2) is 5.91 Å². The maximum absolute atomic E-state index is 11.7. The van der Waals surface area contributed by atoms with Crippen LogP contribution in [0.2, 0.25) is 0 Å². The Hall–Kier alpha value is -2.09. The van der Waals surface area contributed by atoms with Gasteiger partial charge in [0.15, 0.2) is 0 Å². The van der Waals surface area contributed by atoms with Gasteiger partial charge in [-0.25, -0.2) is 0 Å². The highest BCUT2D eigenvalue weighted by atomic mass is 16.1. The molecule has 0 heterocycles. The topological polar surface area (TPSA) is 43.1 Å². The van der Waals surface area contributed by atoms with Crippen LogP contribution in [0.4, 0.5) is 0 Å². The zero-order valence-corrected chi connectivity index (χ0v) is 10.8. The molecule has 0 atom stereocenters. The van der Waals surface area contributed by atoms with E-state index in [4.69, 9.17) is 5.73 Å². The van der Waals surface area contributed by atoms with Crippen molar-refractivity contribution in [1.82, 2.24) is 0 Å². The van der Waals surface area contributed by atoms with Gasteiger partial charge in [0.2, 0.25) is 5.91 Å². The van der Waals surface area contributed by atoms with Crippen LogP contribution >= 0.6 is 0 Å². The number of carbonyl (C=O) groups is 1. The predicted molar refractivity (Wildman–Crippen MR) is 77.0 cm³/mol. The van der Waals surface area contributed by atoms with Gasteiger partial charge in [0.1, 0.15) is 0 Å². The third kappa shape index (κ3) is 2.14. The minimum atomic E-state index is -0.347. The first kappa shape index (κ1) is 12.0. The van der Waals surface area contributed by atoms with Crippen molar-refractivity contribution in [2.24, 2.45) is 5.73 Å². The van der Waals surface area contributed by atoms with Crippen LogP contribution < -0.4 is 5.73 Å². The van der Waals surface area contributed by atoms with E-state index in [1.54, 1.807) is 0 Å². The van der Waals surface area contributed by atoms with Crippen LogP contribution in [0, 0.1) is 0 Å². The molecule has 2 nitrogen and oxygen atoms in total. The number of nitrogens with two attached hydrogens (primary N) is 1. The molecule has 19 heavy (non-hydrogen) atoms. The Morgan fingerprint density at radius 2 is 1.74 bits per heavy atom. The highest BCUT2D eigenvalue weighted by Crippen LogP contribution is 2.42. The van der Waals surface area contributed by atoms with Gasteiger partial charge in [-0.15, -0.1) is 0 Å². The van der Waals surface area contributed by atoms with Gasteiger partial charge >= 0.3 is 0 Å². The van der Waals surface area contributed by atoms with Crippen LogP contribution in [0.15, 0.2) is 48.5 Å². The lowest BCUT2D eigenvalue weighted by Gasteiger charge is -2.29. The first-order valence-corrected chi connectivity index (χ1v) is 6.75. The van der Waals surface area contributed by atoms with E-state index in [0.29, 0.717) is 11.5 Å². The van der Waals surface area contributed by atoms with Gasteiger partial charge in [0.05, 0.1) is 0 Å². The van der Waals surface area contributed by atoms with E-state index in [1.807, 2.05) is 42.5 Å². The molecule has 1 aliphatic carbocycles. The molecule has 96 valence electrons. The number of hydrogen-bond acceptors (Lipinski definition) is 1. The van der Waals surface area contributed by atoms with Gasteiger partial charge in [0, 0.05) is 5.56 Å². The minimum Gasteiger partial charge on any atom is -0.366 e. The molecule has 0 aliphatic heterocycles. The van der Waals surface area contributed by atoms with Crippen LogP contribution in [-0.2, 0) is 0 Å². The summed E-state index contributed by atoms with van der Waals surface area (Å²) in [6.45, 7) is 0. The third-order valence-electron chi connectivity index (χ3n) is 3.97. The van der Waals surface area contributed by atoms with Gasteiger partial charge in [-0.1, -0.05) is 48.9 Å². The van der Waals surface area contributed by atoms with Crippen molar-refractivity contribution in [3.05, 3.63) is 59.7 Å². The standard InChI is InChI=1S/C17H17NO/c18-17(19)15-11-5-10-14(12-8-4-9-12)16(15)13-6-2-1-3-7-13/h1-3,5-7,10-12H,4,8-9H2,(H2,18,19). The summed E-state index contributed by atoms with van der Waals surface area (Å²) in [6, 6.07) is 16.0. The molecule has 1 amide bonds. The van der Waals surface area contributed by atoms with E-state index in [1.165, 1.54) is 24.8 Å². The maximum atomic E-state index is 11.7. The molecule has 0 radical (unpaired) electrons. The molecule has 0 aromatic heterocycles. The average molecular weight is 251 g/mol. The fourth-order valence-corrected chi connectivity index (χ4v) is 2.76. The summed E-state index contributed by atoms with van der Waals surface area (Å²) in [7, 11) is 0. The molecule has 1 fully saturated rings. The SMILES string of the molecule is NC(=O)c1cccc(C2CCC2)c1-c1ccccc1. The molecule has 0 spiro atoms. The Balaban J connectivity index is 2.20. The van der Waals surface area contributed by atoms with E-state index < -0.39 is 0 Å². The summed E-state index contributed by atoms with van der Waals surface area (Å²) >= 11 is 0. The molecule has 0 saturated heterocycles. The molecule has 1 aliphatic rings. The summed E-state index contributed by atoms with van der Waals surface area (Å²) < 4.78 is 0. The van der Waals surface area contributed by atoms with Crippen LogP contribution in [0.1, 0.15) is 41.1 Å². The molecule has 2 aromatic carbocycles. The van der Waals surface area contributed by atoms with Crippen molar-refractivity contribution in [2.75, 3.05) is 0 Å². The first-order chi connectivity index (χ1) is 9.27. The molecule has 1 saturated carbocycles. The van der Waals surface area contributed by atoms with E-state index in [0.717, 1.165) is 11.1 Å². The smallest absolute Gasteiger partial charge is 0.249 e. The van der Waals surface area contributed by atoms with Crippen LogP contribution in [0.25, 0.3) is 11.1 Å². The average Bonchev–Trinajstić information content (AvgIpc) is 2.37. The van der Waals surface area contributed by atoms with Gasteiger partial charge in [0.25, 0.3) is 0 Å². The Morgan fingerprint density at radius 1 is 1.00 bits per heavy atom. The fourth-order valence-electron chi connectivity index (χ4n) is 2.76. The molecule has 0 unspecified atom stereocenters. The minimum absolute atomic E-state index is 0.347. The number of primary amides is 1. The van der Waals surface area contributed by atoms with Gasteiger partial charge < -0.3 is 5.73 Å². The summed E-state index contributed by atoms with van der Waals surface area (Å²) in [5.74, 6) is 0.231. The Labute approximate surface area is 113 Å². The maximum Gasteiger partial charge on any atom is 0.249 e. The third-order valence-corrected chi connectivity index (χ3v) is 3.97. The lowest BCUT2D eigenvalue weighted by atomic mass is 9.76. The first-order valence-electron chi connectivity index (χ1n) is 6.75. The van der Waals surface area contributed by atoms with E-state index in [-0.39, 0.29) is 5.91 Å². The number of hydrogen-bond donors (Lipinski definition) is 1. The van der Waals surface area contributed by atoms with Gasteiger partial charge in [-0.2, -0.15) is 0 Å². The zero-order chi connectivity index (χ0) is 13.2. The largest absolute Gasteiger partial charge is 0.366 e. The number of rotatable bonds is 3. The second kappa shape index (κ2) is 4.88. The molecular weight excluding hydrogens is 234 g/mol. The van der Waals surface area contributed by atoms with Crippen molar-refractivity contribution in [3.8, 4) is 11.1 Å². The number of amides is 1. The van der Waals surface area contributed by atoms with Crippen molar-refractivity contribution in [3.63, 3.8) is 0 Å². The van der Waals surface area contributed by atoms with Crippen LogP contribution in [0.5, 0.6) is 0 Å². The summed E-state index contributed by atoms with van der Waals surface area (Å²) in [5, 5.41) is 0. The monoisotopic (exact) mass is 251 g/mol. The second-order valence-corrected chi connectivity index (χ2v) is 5.13. The highest BCUT2D eigenvalue weighted by Gasteiger charge is 2.24. The summed E-state index contributed by atoms with van der Waals surface area (Å²) in [4.78, 5) is 11.7. The van der Waals surface area contributed by atoms with Crippen LogP contribution in [0.3, 0.4) is 0 Å². The molecule has 3 rings (SSSR count). The lowest BCUT2D eigenvalue weighted by Crippen LogP contribution is -2.16. The van der Waals surface area contributed by atoms with Crippen molar-refractivity contribution < 1.29 is 4.79 Å². The van der Waals surface area contributed by atoms with Gasteiger partial charge in [-0.3, -0.25) is 4.79 Å². The molecular formula is C17H17NO.